The summed E-state index contributed by atoms with van der Waals surface area (Å²) in [5.74, 6) is 0.247. The molecule has 0 N–H and O–H groups in total. The number of para-hydroxylation sites is 1. The molecule has 0 spiro atoms. The molecule has 2 aromatic rings. The molecule has 0 aliphatic rings. The van der Waals surface area contributed by atoms with E-state index in [0.29, 0.717) is 12.3 Å². The third-order valence-electron chi connectivity index (χ3n) is 2.13. The van der Waals surface area contributed by atoms with Crippen LogP contribution in [0.15, 0.2) is 49.1 Å². The second kappa shape index (κ2) is 5.01. The first kappa shape index (κ1) is 11.7. The lowest BCUT2D eigenvalue weighted by atomic mass is 10.3. The van der Waals surface area contributed by atoms with E-state index in [1.54, 1.807) is 53.6 Å². The number of hydrogen-bond acceptors (Lipinski definition) is 4. The van der Waals surface area contributed by atoms with Crippen LogP contribution in [0.3, 0.4) is 0 Å². The molecule has 1 aromatic heterocycles. The van der Waals surface area contributed by atoms with E-state index in [2.05, 4.69) is 4.98 Å². The van der Waals surface area contributed by atoms with Crippen LogP contribution >= 0.6 is 0 Å². The highest BCUT2D eigenvalue weighted by Gasteiger charge is 2.12. The molecule has 90 valence electrons. The molecule has 0 unspecified atom stereocenters. The molecule has 0 aliphatic carbocycles. The summed E-state index contributed by atoms with van der Waals surface area (Å²) in [6, 6.07) is 8.45. The van der Waals surface area contributed by atoms with Crippen LogP contribution in [-0.2, 0) is 16.7 Å². The predicted molar refractivity (Wildman–Crippen MR) is 63.1 cm³/mol. The number of aryl methyl sites for hydroxylation is 1. The van der Waals surface area contributed by atoms with Crippen LogP contribution in [0.1, 0.15) is 0 Å². The number of benzene rings is 1. The minimum atomic E-state index is -3.56. The van der Waals surface area contributed by atoms with Crippen LogP contribution in [0, 0.1) is 0 Å². The largest absolute Gasteiger partial charge is 0.382 e. The molecule has 6 heteroatoms. The fourth-order valence-corrected chi connectivity index (χ4v) is 2.22. The number of aromatic nitrogens is 2. The van der Waals surface area contributed by atoms with Crippen LogP contribution in [0.5, 0.6) is 5.75 Å². The Hall–Kier alpha value is -1.82. The van der Waals surface area contributed by atoms with Crippen molar-refractivity contribution in [1.82, 2.24) is 9.55 Å². The molecule has 2 rings (SSSR count). The maximum atomic E-state index is 11.6. The summed E-state index contributed by atoms with van der Waals surface area (Å²) in [5.41, 5.74) is 0. The highest BCUT2D eigenvalue weighted by Crippen LogP contribution is 2.11. The Bertz CT molecular complexity index is 550. The van der Waals surface area contributed by atoms with Gasteiger partial charge in [-0.2, -0.15) is 8.42 Å². The van der Waals surface area contributed by atoms with E-state index in [9.17, 15) is 8.42 Å². The first-order valence-corrected chi connectivity index (χ1v) is 6.66. The number of imidazole rings is 1. The molecule has 17 heavy (non-hydrogen) atoms. The van der Waals surface area contributed by atoms with Gasteiger partial charge in [-0.15, -0.1) is 0 Å². The van der Waals surface area contributed by atoms with Gasteiger partial charge in [0.2, 0.25) is 0 Å². The van der Waals surface area contributed by atoms with Gasteiger partial charge in [0, 0.05) is 18.9 Å². The van der Waals surface area contributed by atoms with Crippen LogP contribution < -0.4 is 4.18 Å². The zero-order valence-electron chi connectivity index (χ0n) is 9.06. The Morgan fingerprint density at radius 3 is 2.65 bits per heavy atom. The van der Waals surface area contributed by atoms with Crippen LogP contribution in [0.2, 0.25) is 0 Å². The van der Waals surface area contributed by atoms with Crippen molar-refractivity contribution in [2.75, 3.05) is 5.75 Å². The van der Waals surface area contributed by atoms with Gasteiger partial charge < -0.3 is 8.75 Å². The molecule has 5 nitrogen and oxygen atoms in total. The van der Waals surface area contributed by atoms with E-state index in [0.717, 1.165) is 0 Å². The smallest absolute Gasteiger partial charge is 0.310 e. The van der Waals surface area contributed by atoms with Gasteiger partial charge >= 0.3 is 10.1 Å². The van der Waals surface area contributed by atoms with Crippen molar-refractivity contribution in [1.29, 1.82) is 0 Å². The second-order valence-corrected chi connectivity index (χ2v) is 5.15. The quantitative estimate of drug-likeness (QED) is 0.752. The third kappa shape index (κ3) is 3.60. The van der Waals surface area contributed by atoms with Crippen molar-refractivity contribution in [3.8, 4) is 5.75 Å². The molecule has 1 aromatic carbocycles. The summed E-state index contributed by atoms with van der Waals surface area (Å²) in [7, 11) is -3.56. The van der Waals surface area contributed by atoms with Gasteiger partial charge in [-0.05, 0) is 12.1 Å². The Balaban J connectivity index is 1.96. The van der Waals surface area contributed by atoms with Gasteiger partial charge in [0.1, 0.15) is 11.5 Å². The van der Waals surface area contributed by atoms with E-state index in [1.165, 1.54) is 0 Å². The zero-order valence-corrected chi connectivity index (χ0v) is 9.88. The summed E-state index contributed by atoms with van der Waals surface area (Å²) in [4.78, 5) is 3.83. The fourth-order valence-electron chi connectivity index (χ4n) is 1.30. The summed E-state index contributed by atoms with van der Waals surface area (Å²) in [6.07, 6.45) is 4.88. The van der Waals surface area contributed by atoms with Crippen LogP contribution in [-0.4, -0.2) is 23.7 Å². The predicted octanol–water partition coefficient (Wildman–Crippen LogP) is 1.29. The maximum absolute atomic E-state index is 11.6. The summed E-state index contributed by atoms with van der Waals surface area (Å²) in [5, 5.41) is 0. The van der Waals surface area contributed by atoms with Crippen molar-refractivity contribution in [2.24, 2.45) is 0 Å². The topological polar surface area (TPSA) is 61.2 Å². The standard InChI is InChI=1S/C11H12N2O3S/c14-17(15,9-8-13-7-6-12-10-13)16-11-4-2-1-3-5-11/h1-7,10H,8-9H2. The summed E-state index contributed by atoms with van der Waals surface area (Å²) in [6.45, 7) is 0.329. The van der Waals surface area contributed by atoms with Crippen molar-refractivity contribution >= 4 is 10.1 Å². The molecule has 0 amide bonds. The molecule has 0 saturated carbocycles. The Kier molecular flexibility index (Phi) is 3.43. The molecular weight excluding hydrogens is 240 g/mol. The minimum absolute atomic E-state index is 0.0851. The zero-order chi connectivity index (χ0) is 12.1. The van der Waals surface area contributed by atoms with Crippen molar-refractivity contribution < 1.29 is 12.6 Å². The SMILES string of the molecule is O=S(=O)(CCn1ccnc1)Oc1ccccc1. The molecule has 0 saturated heterocycles. The summed E-state index contributed by atoms with van der Waals surface area (Å²) >= 11 is 0. The molecular formula is C11H12N2O3S. The van der Waals surface area contributed by atoms with Crippen LogP contribution in [0.25, 0.3) is 0 Å². The molecule has 0 bridgehead atoms. The number of rotatable bonds is 5. The van der Waals surface area contributed by atoms with Crippen molar-refractivity contribution in [3.05, 3.63) is 49.1 Å². The normalized spacial score (nSPS) is 11.3. The average molecular weight is 252 g/mol. The minimum Gasteiger partial charge on any atom is -0.382 e. The van der Waals surface area contributed by atoms with Gasteiger partial charge in [-0.1, -0.05) is 18.2 Å². The first-order valence-electron chi connectivity index (χ1n) is 5.09. The number of hydrogen-bond donors (Lipinski definition) is 0. The Labute approximate surface area is 99.8 Å². The van der Waals surface area contributed by atoms with Gasteiger partial charge in [0.05, 0.1) is 6.33 Å². The molecule has 1 heterocycles. The molecule has 0 radical (unpaired) electrons. The highest BCUT2D eigenvalue weighted by molar-refractivity contribution is 7.87. The van der Waals surface area contributed by atoms with E-state index < -0.39 is 10.1 Å². The lowest BCUT2D eigenvalue weighted by molar-refractivity contribution is 0.481. The van der Waals surface area contributed by atoms with Gasteiger partial charge in [0.15, 0.2) is 0 Å². The van der Waals surface area contributed by atoms with Gasteiger partial charge in [0.25, 0.3) is 0 Å². The molecule has 0 aliphatic heterocycles. The lowest BCUT2D eigenvalue weighted by Crippen LogP contribution is -2.17. The van der Waals surface area contributed by atoms with Gasteiger partial charge in [-0.3, -0.25) is 0 Å². The van der Waals surface area contributed by atoms with Crippen molar-refractivity contribution in [3.63, 3.8) is 0 Å². The monoisotopic (exact) mass is 252 g/mol. The lowest BCUT2D eigenvalue weighted by Gasteiger charge is -2.06. The van der Waals surface area contributed by atoms with Crippen LogP contribution in [0.4, 0.5) is 0 Å². The van der Waals surface area contributed by atoms with Gasteiger partial charge in [-0.25, -0.2) is 4.98 Å². The average Bonchev–Trinajstić information content (AvgIpc) is 2.80. The maximum Gasteiger partial charge on any atom is 0.310 e. The molecule has 0 atom stereocenters. The third-order valence-corrected chi connectivity index (χ3v) is 3.25. The highest BCUT2D eigenvalue weighted by atomic mass is 32.2. The van der Waals surface area contributed by atoms with E-state index in [4.69, 9.17) is 4.18 Å². The Morgan fingerprint density at radius 2 is 2.00 bits per heavy atom. The number of nitrogens with zero attached hydrogens (tertiary/aromatic N) is 2. The van der Waals surface area contributed by atoms with E-state index in [-0.39, 0.29) is 5.75 Å². The molecule has 0 fully saturated rings. The Morgan fingerprint density at radius 1 is 1.24 bits per heavy atom. The first-order chi connectivity index (χ1) is 8.16. The second-order valence-electron chi connectivity index (χ2n) is 3.46. The van der Waals surface area contributed by atoms with E-state index >= 15 is 0 Å². The van der Waals surface area contributed by atoms with E-state index in [1.807, 2.05) is 0 Å². The van der Waals surface area contributed by atoms with Crippen molar-refractivity contribution in [2.45, 2.75) is 6.54 Å². The summed E-state index contributed by atoms with van der Waals surface area (Å²) < 4.78 is 29.9. The fraction of sp³-hybridized carbons (Fsp3) is 0.182.